The Bertz CT molecular complexity index is 664. The largest absolute Gasteiger partial charge is 0.478 e. The number of amides is 1. The van der Waals surface area contributed by atoms with Crippen LogP contribution in [0.1, 0.15) is 36.2 Å². The second-order valence-corrected chi connectivity index (χ2v) is 5.81. The molecule has 1 amide bonds. The lowest BCUT2D eigenvalue weighted by atomic mass is 10.2. The topological polar surface area (TPSA) is 79.3 Å². The predicted octanol–water partition coefficient (Wildman–Crippen LogP) is 2.39. The molecule has 2 aromatic heterocycles. The molecule has 0 aliphatic rings. The third kappa shape index (κ3) is 3.21. The van der Waals surface area contributed by atoms with Crippen LogP contribution in [0.3, 0.4) is 0 Å². The van der Waals surface area contributed by atoms with Crippen molar-refractivity contribution < 1.29 is 14.7 Å². The molecule has 6 heteroatoms. The van der Waals surface area contributed by atoms with Gasteiger partial charge in [-0.2, -0.15) is 0 Å². The van der Waals surface area contributed by atoms with E-state index < -0.39 is 5.97 Å². The Hall–Kier alpha value is -2.21. The van der Waals surface area contributed by atoms with Crippen molar-refractivity contribution in [1.82, 2.24) is 10.3 Å². The first-order valence-electron chi connectivity index (χ1n) is 6.01. The molecule has 104 valence electrons. The van der Waals surface area contributed by atoms with Crippen LogP contribution in [0.15, 0.2) is 24.4 Å². The van der Waals surface area contributed by atoms with E-state index in [4.69, 9.17) is 5.11 Å². The minimum atomic E-state index is -1.01. The van der Waals surface area contributed by atoms with Gasteiger partial charge in [-0.1, -0.05) is 0 Å². The number of aromatic nitrogens is 1. The maximum atomic E-state index is 12.0. The van der Waals surface area contributed by atoms with E-state index in [0.717, 1.165) is 9.75 Å². The van der Waals surface area contributed by atoms with Gasteiger partial charge in [-0.05, 0) is 32.0 Å². The van der Waals surface area contributed by atoms with Crippen molar-refractivity contribution >= 4 is 23.2 Å². The number of carbonyl (C=O) groups is 2. The van der Waals surface area contributed by atoms with Gasteiger partial charge in [0.15, 0.2) is 0 Å². The van der Waals surface area contributed by atoms with Crippen LogP contribution in [0.25, 0.3) is 0 Å². The Morgan fingerprint density at radius 1 is 1.35 bits per heavy atom. The predicted molar refractivity (Wildman–Crippen MR) is 76.2 cm³/mol. The van der Waals surface area contributed by atoms with Crippen molar-refractivity contribution in [3.8, 4) is 0 Å². The fraction of sp³-hybridized carbons (Fsp3) is 0.214. The standard InChI is InChI=1S/C14H14N2O3S/c1-8-5-12(9(2)20-8)13(17)16-7-11-6-10(14(18)19)3-4-15-11/h3-6H,7H2,1-2H3,(H,16,17)(H,18,19). The van der Waals surface area contributed by atoms with Gasteiger partial charge in [0.2, 0.25) is 0 Å². The summed E-state index contributed by atoms with van der Waals surface area (Å²) in [6.45, 7) is 4.05. The highest BCUT2D eigenvalue weighted by molar-refractivity contribution is 7.12. The molecule has 2 N–H and O–H groups in total. The molecule has 0 saturated heterocycles. The molecule has 2 heterocycles. The zero-order valence-electron chi connectivity index (χ0n) is 11.1. The van der Waals surface area contributed by atoms with Gasteiger partial charge in [0.05, 0.1) is 23.4 Å². The highest BCUT2D eigenvalue weighted by Gasteiger charge is 2.12. The quantitative estimate of drug-likeness (QED) is 0.906. The number of hydrogen-bond donors (Lipinski definition) is 2. The van der Waals surface area contributed by atoms with Crippen LogP contribution >= 0.6 is 11.3 Å². The van der Waals surface area contributed by atoms with E-state index in [0.29, 0.717) is 11.3 Å². The molecule has 0 fully saturated rings. The average Bonchev–Trinajstić information content (AvgIpc) is 2.75. The molecule has 20 heavy (non-hydrogen) atoms. The highest BCUT2D eigenvalue weighted by Crippen LogP contribution is 2.20. The molecular weight excluding hydrogens is 276 g/mol. The number of aromatic carboxylic acids is 1. The zero-order chi connectivity index (χ0) is 14.7. The van der Waals surface area contributed by atoms with Crippen LogP contribution in [-0.4, -0.2) is 22.0 Å². The first-order chi connectivity index (χ1) is 9.47. The normalized spacial score (nSPS) is 10.3. The van der Waals surface area contributed by atoms with Crippen molar-refractivity contribution in [1.29, 1.82) is 0 Å². The van der Waals surface area contributed by atoms with E-state index in [9.17, 15) is 9.59 Å². The van der Waals surface area contributed by atoms with Crippen molar-refractivity contribution in [2.75, 3.05) is 0 Å². The van der Waals surface area contributed by atoms with Crippen LogP contribution in [0.4, 0.5) is 0 Å². The molecular formula is C14H14N2O3S. The maximum absolute atomic E-state index is 12.0. The number of thiophene rings is 1. The van der Waals surface area contributed by atoms with Crippen molar-refractivity contribution in [3.63, 3.8) is 0 Å². The lowest BCUT2D eigenvalue weighted by Crippen LogP contribution is -2.23. The molecule has 0 aliphatic heterocycles. The van der Waals surface area contributed by atoms with Gasteiger partial charge in [-0.25, -0.2) is 4.79 Å². The van der Waals surface area contributed by atoms with E-state index in [1.807, 2.05) is 19.9 Å². The zero-order valence-corrected chi connectivity index (χ0v) is 12.0. The molecule has 0 spiro atoms. The monoisotopic (exact) mass is 290 g/mol. The summed E-state index contributed by atoms with van der Waals surface area (Å²) in [6.07, 6.45) is 1.42. The minimum Gasteiger partial charge on any atom is -0.478 e. The molecule has 0 aliphatic carbocycles. The Balaban J connectivity index is 2.05. The number of pyridine rings is 1. The van der Waals surface area contributed by atoms with Crippen LogP contribution in [0.5, 0.6) is 0 Å². The van der Waals surface area contributed by atoms with E-state index >= 15 is 0 Å². The summed E-state index contributed by atoms with van der Waals surface area (Å²) in [6, 6.07) is 4.71. The molecule has 0 saturated carbocycles. The number of carboxylic acids is 1. The SMILES string of the molecule is Cc1cc(C(=O)NCc2cc(C(=O)O)ccn2)c(C)s1. The molecule has 5 nitrogen and oxygen atoms in total. The third-order valence-electron chi connectivity index (χ3n) is 2.78. The molecule has 0 aromatic carbocycles. The van der Waals surface area contributed by atoms with Gasteiger partial charge in [0.1, 0.15) is 0 Å². The lowest BCUT2D eigenvalue weighted by molar-refractivity contribution is 0.0696. The summed E-state index contributed by atoms with van der Waals surface area (Å²) >= 11 is 1.57. The number of aryl methyl sites for hydroxylation is 2. The van der Waals surface area contributed by atoms with Gasteiger partial charge in [-0.15, -0.1) is 11.3 Å². The number of rotatable bonds is 4. The number of carbonyl (C=O) groups excluding carboxylic acids is 1. The summed E-state index contributed by atoms with van der Waals surface area (Å²) < 4.78 is 0. The number of nitrogens with zero attached hydrogens (tertiary/aromatic N) is 1. The second kappa shape index (κ2) is 5.83. The minimum absolute atomic E-state index is 0.159. The number of hydrogen-bond acceptors (Lipinski definition) is 4. The summed E-state index contributed by atoms with van der Waals surface area (Å²) in [5.41, 5.74) is 1.33. The fourth-order valence-electron chi connectivity index (χ4n) is 1.83. The Morgan fingerprint density at radius 3 is 2.70 bits per heavy atom. The third-order valence-corrected chi connectivity index (χ3v) is 3.75. The maximum Gasteiger partial charge on any atom is 0.335 e. The molecule has 0 bridgehead atoms. The van der Waals surface area contributed by atoms with Crippen LogP contribution in [-0.2, 0) is 6.54 Å². The Labute approximate surface area is 120 Å². The Kier molecular flexibility index (Phi) is 4.14. The molecule has 0 unspecified atom stereocenters. The smallest absolute Gasteiger partial charge is 0.335 e. The van der Waals surface area contributed by atoms with Gasteiger partial charge in [-0.3, -0.25) is 9.78 Å². The van der Waals surface area contributed by atoms with E-state index in [2.05, 4.69) is 10.3 Å². The average molecular weight is 290 g/mol. The lowest BCUT2D eigenvalue weighted by Gasteiger charge is -2.05. The highest BCUT2D eigenvalue weighted by atomic mass is 32.1. The first kappa shape index (κ1) is 14.2. The summed E-state index contributed by atoms with van der Waals surface area (Å²) in [5, 5.41) is 11.6. The van der Waals surface area contributed by atoms with Crippen molar-refractivity contribution in [2.45, 2.75) is 20.4 Å². The van der Waals surface area contributed by atoms with E-state index in [1.54, 1.807) is 11.3 Å². The molecule has 0 atom stereocenters. The second-order valence-electron chi connectivity index (χ2n) is 4.35. The fourth-order valence-corrected chi connectivity index (χ4v) is 2.75. The molecule has 2 aromatic rings. The number of nitrogens with one attached hydrogen (secondary N) is 1. The first-order valence-corrected chi connectivity index (χ1v) is 6.82. The molecule has 2 rings (SSSR count). The Morgan fingerprint density at radius 2 is 2.10 bits per heavy atom. The van der Waals surface area contributed by atoms with Crippen LogP contribution in [0.2, 0.25) is 0 Å². The summed E-state index contributed by atoms with van der Waals surface area (Å²) in [4.78, 5) is 29.0. The summed E-state index contributed by atoms with van der Waals surface area (Å²) in [5.74, 6) is -1.18. The molecule has 0 radical (unpaired) electrons. The van der Waals surface area contributed by atoms with E-state index in [1.165, 1.54) is 18.3 Å². The van der Waals surface area contributed by atoms with Crippen LogP contribution in [0, 0.1) is 13.8 Å². The van der Waals surface area contributed by atoms with Crippen molar-refractivity contribution in [2.24, 2.45) is 0 Å². The van der Waals surface area contributed by atoms with E-state index in [-0.39, 0.29) is 18.0 Å². The van der Waals surface area contributed by atoms with Gasteiger partial charge < -0.3 is 10.4 Å². The van der Waals surface area contributed by atoms with Gasteiger partial charge in [0.25, 0.3) is 5.91 Å². The van der Waals surface area contributed by atoms with Gasteiger partial charge >= 0.3 is 5.97 Å². The summed E-state index contributed by atoms with van der Waals surface area (Å²) in [7, 11) is 0. The van der Waals surface area contributed by atoms with Gasteiger partial charge in [0, 0.05) is 16.0 Å². The van der Waals surface area contributed by atoms with Crippen LogP contribution < -0.4 is 5.32 Å². The number of carboxylic acid groups (broad SMARTS) is 1. The van der Waals surface area contributed by atoms with Crippen molar-refractivity contribution in [3.05, 3.63) is 51.0 Å².